The Balaban J connectivity index is 2.30. The average Bonchev–Trinajstić information content (AvgIpc) is 2.61. The molecule has 1 amide bonds. The molecule has 0 saturated carbocycles. The minimum Gasteiger partial charge on any atom is -0.488 e. The molecule has 0 atom stereocenters. The molecule has 0 heterocycles. The van der Waals surface area contributed by atoms with E-state index in [0.717, 1.165) is 24.7 Å². The number of carbonyl (C=O) groups is 1. The zero-order chi connectivity index (χ0) is 18.6. The number of aryl methyl sites for hydroxylation is 3. The van der Waals surface area contributed by atoms with E-state index in [0.29, 0.717) is 5.75 Å². The van der Waals surface area contributed by atoms with Gasteiger partial charge in [0.15, 0.2) is 0 Å². The number of amides is 1. The Morgan fingerprint density at radius 3 is 2.60 bits per heavy atom. The Bertz CT molecular complexity index is 776. The molecule has 0 aliphatic carbocycles. The molecule has 5 nitrogen and oxygen atoms in total. The van der Waals surface area contributed by atoms with Gasteiger partial charge in [0.05, 0.1) is 18.4 Å². The second-order valence-corrected chi connectivity index (χ2v) is 5.71. The third-order valence-corrected chi connectivity index (χ3v) is 4.06. The molecular formula is C19H22FNO4. The zero-order valence-corrected chi connectivity index (χ0v) is 14.8. The van der Waals surface area contributed by atoms with Gasteiger partial charge in [-0.15, -0.1) is 0 Å². The van der Waals surface area contributed by atoms with Crippen LogP contribution in [0.4, 0.5) is 14.9 Å². The lowest BCUT2D eigenvalue weighted by Gasteiger charge is -2.19. The summed E-state index contributed by atoms with van der Waals surface area (Å²) in [6.45, 7) is 5.85. The van der Waals surface area contributed by atoms with Crippen LogP contribution < -0.4 is 9.80 Å². The highest BCUT2D eigenvalue weighted by molar-refractivity contribution is 5.85. The van der Waals surface area contributed by atoms with Gasteiger partial charge in [0.2, 0.25) is 0 Å². The maximum Gasteiger partial charge on any atom is 0.438 e. The van der Waals surface area contributed by atoms with Gasteiger partial charge in [-0.1, -0.05) is 19.1 Å². The third-order valence-electron chi connectivity index (χ3n) is 4.06. The summed E-state index contributed by atoms with van der Waals surface area (Å²) in [5.41, 5.74) is 3.30. The largest absolute Gasteiger partial charge is 0.488 e. The van der Waals surface area contributed by atoms with Gasteiger partial charge in [0, 0.05) is 0 Å². The normalized spacial score (nSPS) is 10.5. The number of carbonyl (C=O) groups excluding carboxylic acids is 1. The van der Waals surface area contributed by atoms with E-state index in [9.17, 15) is 14.4 Å². The maximum absolute atomic E-state index is 14.2. The smallest absolute Gasteiger partial charge is 0.438 e. The summed E-state index contributed by atoms with van der Waals surface area (Å²) in [6.07, 6.45) is -0.0885. The number of halogens is 1. The number of methoxy groups -OCH3 is 1. The van der Waals surface area contributed by atoms with Crippen LogP contribution in [-0.4, -0.2) is 18.4 Å². The minimum absolute atomic E-state index is 0.0218. The van der Waals surface area contributed by atoms with E-state index in [1.54, 1.807) is 0 Å². The summed E-state index contributed by atoms with van der Waals surface area (Å²) in [4.78, 5) is 11.5. The summed E-state index contributed by atoms with van der Waals surface area (Å²) in [5.74, 6) is 0.0477. The number of hydrogen-bond acceptors (Lipinski definition) is 4. The van der Waals surface area contributed by atoms with E-state index in [1.807, 2.05) is 26.0 Å². The van der Waals surface area contributed by atoms with Crippen LogP contribution >= 0.6 is 0 Å². The molecule has 2 aromatic carbocycles. The van der Waals surface area contributed by atoms with Crippen LogP contribution in [0.25, 0.3) is 0 Å². The second kappa shape index (κ2) is 7.98. The summed E-state index contributed by atoms with van der Waals surface area (Å²) in [7, 11) is 1.13. The van der Waals surface area contributed by atoms with Gasteiger partial charge in [-0.2, -0.15) is 5.06 Å². The summed E-state index contributed by atoms with van der Waals surface area (Å²) in [6, 6.07) is 8.00. The fourth-order valence-electron chi connectivity index (χ4n) is 2.61. The molecule has 0 aromatic heterocycles. The summed E-state index contributed by atoms with van der Waals surface area (Å²) in [5, 5.41) is 10.2. The van der Waals surface area contributed by atoms with Gasteiger partial charge < -0.3 is 9.47 Å². The zero-order valence-electron chi connectivity index (χ0n) is 14.8. The number of hydroxylamine groups is 1. The number of rotatable bonds is 5. The van der Waals surface area contributed by atoms with Crippen LogP contribution in [0, 0.1) is 19.7 Å². The Morgan fingerprint density at radius 2 is 1.96 bits per heavy atom. The molecule has 6 heteroatoms. The predicted molar refractivity (Wildman–Crippen MR) is 92.7 cm³/mol. The first-order valence-electron chi connectivity index (χ1n) is 7.96. The third kappa shape index (κ3) is 4.09. The highest BCUT2D eigenvalue weighted by Crippen LogP contribution is 2.28. The minimum atomic E-state index is -1.01. The van der Waals surface area contributed by atoms with E-state index >= 15 is 0 Å². The van der Waals surface area contributed by atoms with Crippen molar-refractivity contribution < 1.29 is 23.9 Å². The van der Waals surface area contributed by atoms with E-state index in [-0.39, 0.29) is 22.9 Å². The Hall–Kier alpha value is -2.60. The predicted octanol–water partition coefficient (Wildman–Crippen LogP) is 4.55. The average molecular weight is 347 g/mol. The van der Waals surface area contributed by atoms with Crippen LogP contribution in [0.5, 0.6) is 5.75 Å². The Morgan fingerprint density at radius 1 is 1.24 bits per heavy atom. The van der Waals surface area contributed by atoms with Crippen LogP contribution in [-0.2, 0) is 17.8 Å². The number of hydrogen-bond donors (Lipinski definition) is 1. The van der Waals surface area contributed by atoms with E-state index < -0.39 is 11.9 Å². The van der Waals surface area contributed by atoms with Gasteiger partial charge >= 0.3 is 6.09 Å². The molecule has 0 saturated heterocycles. The summed E-state index contributed by atoms with van der Waals surface area (Å²) < 4.78 is 24.4. The van der Waals surface area contributed by atoms with Gasteiger partial charge in [-0.3, -0.25) is 5.21 Å². The molecular weight excluding hydrogens is 325 g/mol. The van der Waals surface area contributed by atoms with Crippen LogP contribution in [0.2, 0.25) is 0 Å². The SMILES string of the molecule is CCc1cc(C)c(OCc2c(F)cccc2N(O)C(=O)OC)cc1C. The van der Waals surface area contributed by atoms with Crippen LogP contribution in [0.15, 0.2) is 30.3 Å². The number of anilines is 1. The maximum atomic E-state index is 14.2. The molecule has 0 bridgehead atoms. The number of nitrogens with zero attached hydrogens (tertiary/aromatic N) is 1. The first-order chi connectivity index (χ1) is 11.9. The van der Waals surface area contributed by atoms with Crippen LogP contribution in [0.3, 0.4) is 0 Å². The van der Waals surface area contributed by atoms with Gasteiger partial charge in [0.1, 0.15) is 18.2 Å². The van der Waals surface area contributed by atoms with Gasteiger partial charge in [-0.25, -0.2) is 9.18 Å². The highest BCUT2D eigenvalue weighted by atomic mass is 19.1. The van der Waals surface area contributed by atoms with Crippen molar-refractivity contribution in [2.24, 2.45) is 0 Å². The van der Waals surface area contributed by atoms with Crippen molar-refractivity contribution in [1.82, 2.24) is 0 Å². The first-order valence-corrected chi connectivity index (χ1v) is 7.96. The summed E-state index contributed by atoms with van der Waals surface area (Å²) >= 11 is 0. The first kappa shape index (κ1) is 18.7. The van der Waals surface area contributed by atoms with Crippen molar-refractivity contribution in [2.45, 2.75) is 33.8 Å². The molecule has 1 N–H and O–H groups in total. The van der Waals surface area contributed by atoms with E-state index in [1.165, 1.54) is 23.8 Å². The van der Waals surface area contributed by atoms with Gasteiger partial charge in [-0.05, 0) is 55.2 Å². The molecule has 134 valence electrons. The van der Waals surface area contributed by atoms with Crippen molar-refractivity contribution in [3.8, 4) is 5.75 Å². The van der Waals surface area contributed by atoms with Crippen molar-refractivity contribution >= 4 is 11.8 Å². The molecule has 2 rings (SSSR count). The molecule has 0 fully saturated rings. The van der Waals surface area contributed by atoms with E-state index in [2.05, 4.69) is 11.7 Å². The molecule has 0 radical (unpaired) electrons. The molecule has 25 heavy (non-hydrogen) atoms. The standard InChI is InChI=1S/C19H22FNO4/c1-5-14-9-13(3)18(10-12(14)2)25-11-15-16(20)7-6-8-17(15)21(23)19(22)24-4/h6-10,23H,5,11H2,1-4H3. The molecule has 0 aliphatic rings. The fourth-order valence-corrected chi connectivity index (χ4v) is 2.61. The molecule has 0 spiro atoms. The molecule has 0 aliphatic heterocycles. The fraction of sp³-hybridized carbons (Fsp3) is 0.316. The lowest BCUT2D eigenvalue weighted by atomic mass is 10.0. The number of ether oxygens (including phenoxy) is 2. The van der Waals surface area contributed by atoms with E-state index in [4.69, 9.17) is 4.74 Å². The molecule has 0 unspecified atom stereocenters. The van der Waals surface area contributed by atoms with Crippen molar-refractivity contribution in [2.75, 3.05) is 12.2 Å². The monoisotopic (exact) mass is 347 g/mol. The molecule has 2 aromatic rings. The lowest BCUT2D eigenvalue weighted by Crippen LogP contribution is -2.28. The lowest BCUT2D eigenvalue weighted by molar-refractivity contribution is 0.140. The Kier molecular flexibility index (Phi) is 5.98. The van der Waals surface area contributed by atoms with Crippen molar-refractivity contribution in [1.29, 1.82) is 0 Å². The van der Waals surface area contributed by atoms with Gasteiger partial charge in [0.25, 0.3) is 0 Å². The second-order valence-electron chi connectivity index (χ2n) is 5.71. The topological polar surface area (TPSA) is 59.0 Å². The van der Waals surface area contributed by atoms with Crippen LogP contribution in [0.1, 0.15) is 29.2 Å². The highest BCUT2D eigenvalue weighted by Gasteiger charge is 2.20. The number of benzene rings is 2. The Labute approximate surface area is 146 Å². The van der Waals surface area contributed by atoms with Crippen molar-refractivity contribution in [3.05, 3.63) is 58.4 Å². The quantitative estimate of drug-likeness (QED) is 0.637. The van der Waals surface area contributed by atoms with Crippen molar-refractivity contribution in [3.63, 3.8) is 0 Å².